The molecule has 17 heavy (non-hydrogen) atoms. The lowest BCUT2D eigenvalue weighted by molar-refractivity contribution is 0.176. The second-order valence-corrected chi connectivity index (χ2v) is 6.91. The predicted octanol–water partition coefficient (Wildman–Crippen LogP) is 4.33. The fourth-order valence-corrected chi connectivity index (χ4v) is 3.06. The van der Waals surface area contributed by atoms with E-state index in [-0.39, 0.29) is 0 Å². The molecule has 0 radical (unpaired) electrons. The Morgan fingerprint density at radius 2 is 1.53 bits per heavy atom. The van der Waals surface area contributed by atoms with Crippen LogP contribution in [0.2, 0.25) is 0 Å². The summed E-state index contributed by atoms with van der Waals surface area (Å²) in [6, 6.07) is 0. The molecule has 2 atom stereocenters. The Balaban J connectivity index is 2.23. The van der Waals surface area contributed by atoms with Gasteiger partial charge in [0.25, 0.3) is 0 Å². The van der Waals surface area contributed by atoms with Gasteiger partial charge in [-0.05, 0) is 55.5 Å². The van der Waals surface area contributed by atoms with E-state index in [0.29, 0.717) is 0 Å². The first kappa shape index (κ1) is 15.0. The molecular formula is C16H33N. The summed E-state index contributed by atoms with van der Waals surface area (Å²) in [6.45, 7) is 14.2. The molecule has 0 spiro atoms. The SMILES string of the molecule is CC(C)CNCC(C)C(C)C1CCC(C)CC1. The maximum atomic E-state index is 3.61. The Morgan fingerprint density at radius 3 is 2.06 bits per heavy atom. The first-order valence-corrected chi connectivity index (χ1v) is 7.71. The molecule has 102 valence electrons. The van der Waals surface area contributed by atoms with Gasteiger partial charge in [0.1, 0.15) is 0 Å². The van der Waals surface area contributed by atoms with Crippen LogP contribution in [0, 0.1) is 29.6 Å². The number of hydrogen-bond acceptors (Lipinski definition) is 1. The van der Waals surface area contributed by atoms with Crippen molar-refractivity contribution in [1.82, 2.24) is 5.32 Å². The molecule has 0 saturated heterocycles. The highest BCUT2D eigenvalue weighted by Gasteiger charge is 2.26. The minimum absolute atomic E-state index is 0.771. The van der Waals surface area contributed by atoms with Crippen LogP contribution in [0.25, 0.3) is 0 Å². The van der Waals surface area contributed by atoms with Gasteiger partial charge in [-0.25, -0.2) is 0 Å². The van der Waals surface area contributed by atoms with E-state index in [1.54, 1.807) is 0 Å². The van der Waals surface area contributed by atoms with Crippen LogP contribution in [0.1, 0.15) is 60.3 Å². The largest absolute Gasteiger partial charge is 0.316 e. The summed E-state index contributed by atoms with van der Waals surface area (Å²) >= 11 is 0. The molecule has 1 saturated carbocycles. The van der Waals surface area contributed by atoms with Crippen LogP contribution in [0.5, 0.6) is 0 Å². The Labute approximate surface area is 109 Å². The Bertz CT molecular complexity index is 192. The third-order valence-electron chi connectivity index (χ3n) is 4.72. The Hall–Kier alpha value is -0.0400. The quantitative estimate of drug-likeness (QED) is 0.727. The fraction of sp³-hybridized carbons (Fsp3) is 1.00. The van der Waals surface area contributed by atoms with Crippen molar-refractivity contribution >= 4 is 0 Å². The molecule has 0 amide bonds. The van der Waals surface area contributed by atoms with Crippen molar-refractivity contribution in [2.24, 2.45) is 29.6 Å². The van der Waals surface area contributed by atoms with E-state index in [2.05, 4.69) is 39.9 Å². The molecule has 1 aliphatic rings. The predicted molar refractivity (Wildman–Crippen MR) is 77.2 cm³/mol. The third kappa shape index (κ3) is 5.42. The molecule has 1 N–H and O–H groups in total. The van der Waals surface area contributed by atoms with Crippen LogP contribution >= 0.6 is 0 Å². The zero-order chi connectivity index (χ0) is 12.8. The Morgan fingerprint density at radius 1 is 0.941 bits per heavy atom. The summed E-state index contributed by atoms with van der Waals surface area (Å²) < 4.78 is 0. The highest BCUT2D eigenvalue weighted by Crippen LogP contribution is 2.35. The highest BCUT2D eigenvalue weighted by atomic mass is 14.9. The molecule has 1 nitrogen and oxygen atoms in total. The van der Waals surface area contributed by atoms with Crippen molar-refractivity contribution in [2.45, 2.75) is 60.3 Å². The summed E-state index contributed by atoms with van der Waals surface area (Å²) in [4.78, 5) is 0. The van der Waals surface area contributed by atoms with Gasteiger partial charge < -0.3 is 5.32 Å². The first-order chi connectivity index (χ1) is 8.00. The van der Waals surface area contributed by atoms with E-state index >= 15 is 0 Å². The van der Waals surface area contributed by atoms with E-state index in [0.717, 1.165) is 29.6 Å². The standard InChI is InChI=1S/C16H33N/c1-12(2)10-17-11-14(4)15(5)16-8-6-13(3)7-9-16/h12-17H,6-11H2,1-5H3. The normalized spacial score (nSPS) is 29.3. The van der Waals surface area contributed by atoms with Crippen LogP contribution in [-0.4, -0.2) is 13.1 Å². The van der Waals surface area contributed by atoms with Crippen molar-refractivity contribution in [3.63, 3.8) is 0 Å². The smallest absolute Gasteiger partial charge is 0.00204 e. The van der Waals surface area contributed by atoms with Gasteiger partial charge in [-0.15, -0.1) is 0 Å². The van der Waals surface area contributed by atoms with E-state index in [1.807, 2.05) is 0 Å². The average Bonchev–Trinajstić information content (AvgIpc) is 2.28. The van der Waals surface area contributed by atoms with Crippen molar-refractivity contribution in [1.29, 1.82) is 0 Å². The third-order valence-corrected chi connectivity index (χ3v) is 4.72. The number of hydrogen-bond donors (Lipinski definition) is 1. The lowest BCUT2D eigenvalue weighted by atomic mass is 9.73. The van der Waals surface area contributed by atoms with Crippen LogP contribution in [0.15, 0.2) is 0 Å². The zero-order valence-electron chi connectivity index (χ0n) is 12.6. The van der Waals surface area contributed by atoms with Crippen molar-refractivity contribution in [3.8, 4) is 0 Å². The summed E-state index contributed by atoms with van der Waals surface area (Å²) in [5.41, 5.74) is 0. The lowest BCUT2D eigenvalue weighted by Gasteiger charge is -2.34. The van der Waals surface area contributed by atoms with Gasteiger partial charge >= 0.3 is 0 Å². The molecule has 0 aromatic heterocycles. The minimum Gasteiger partial charge on any atom is -0.316 e. The molecule has 2 unspecified atom stereocenters. The summed E-state index contributed by atoms with van der Waals surface area (Å²) in [6.07, 6.45) is 5.86. The molecule has 0 heterocycles. The molecule has 0 aliphatic heterocycles. The summed E-state index contributed by atoms with van der Waals surface area (Å²) in [5.74, 6) is 4.46. The molecule has 1 heteroatoms. The van der Waals surface area contributed by atoms with E-state index in [4.69, 9.17) is 0 Å². The van der Waals surface area contributed by atoms with Gasteiger partial charge in [0, 0.05) is 0 Å². The van der Waals surface area contributed by atoms with E-state index in [9.17, 15) is 0 Å². The molecule has 0 bridgehead atoms. The van der Waals surface area contributed by atoms with Crippen molar-refractivity contribution in [3.05, 3.63) is 0 Å². The van der Waals surface area contributed by atoms with Gasteiger partial charge in [0.15, 0.2) is 0 Å². The molecule has 0 aromatic rings. The van der Waals surface area contributed by atoms with Gasteiger partial charge in [-0.2, -0.15) is 0 Å². The van der Waals surface area contributed by atoms with Crippen LogP contribution < -0.4 is 5.32 Å². The monoisotopic (exact) mass is 239 g/mol. The molecule has 1 aliphatic carbocycles. The van der Waals surface area contributed by atoms with Gasteiger partial charge in [-0.1, -0.05) is 47.5 Å². The molecule has 1 rings (SSSR count). The first-order valence-electron chi connectivity index (χ1n) is 7.71. The number of rotatable bonds is 6. The molecular weight excluding hydrogens is 206 g/mol. The van der Waals surface area contributed by atoms with Gasteiger partial charge in [-0.3, -0.25) is 0 Å². The van der Waals surface area contributed by atoms with Crippen LogP contribution in [-0.2, 0) is 0 Å². The molecule has 0 aromatic carbocycles. The van der Waals surface area contributed by atoms with Crippen molar-refractivity contribution < 1.29 is 0 Å². The molecule has 1 fully saturated rings. The zero-order valence-corrected chi connectivity index (χ0v) is 12.6. The topological polar surface area (TPSA) is 12.0 Å². The summed E-state index contributed by atoms with van der Waals surface area (Å²) in [5, 5.41) is 3.61. The minimum atomic E-state index is 0.771. The fourth-order valence-electron chi connectivity index (χ4n) is 3.06. The summed E-state index contributed by atoms with van der Waals surface area (Å²) in [7, 11) is 0. The number of nitrogens with one attached hydrogen (secondary N) is 1. The van der Waals surface area contributed by atoms with Crippen molar-refractivity contribution in [2.75, 3.05) is 13.1 Å². The lowest BCUT2D eigenvalue weighted by Crippen LogP contribution is -2.32. The van der Waals surface area contributed by atoms with E-state index < -0.39 is 0 Å². The maximum absolute atomic E-state index is 3.61. The highest BCUT2D eigenvalue weighted by molar-refractivity contribution is 4.78. The second kappa shape index (κ2) is 7.41. The van der Waals surface area contributed by atoms with E-state index in [1.165, 1.54) is 38.8 Å². The van der Waals surface area contributed by atoms with Gasteiger partial charge in [0.2, 0.25) is 0 Å². The van der Waals surface area contributed by atoms with Crippen LogP contribution in [0.4, 0.5) is 0 Å². The average molecular weight is 239 g/mol. The maximum Gasteiger partial charge on any atom is -0.00204 e. The second-order valence-electron chi connectivity index (χ2n) is 6.91. The Kier molecular flexibility index (Phi) is 6.54. The van der Waals surface area contributed by atoms with Crippen LogP contribution in [0.3, 0.4) is 0 Å². The van der Waals surface area contributed by atoms with Gasteiger partial charge in [0.05, 0.1) is 0 Å².